The lowest BCUT2D eigenvalue weighted by molar-refractivity contribution is -0.137. The van der Waals surface area contributed by atoms with Gasteiger partial charge in [0.05, 0.1) is 11.3 Å². The lowest BCUT2D eigenvalue weighted by Gasteiger charge is -2.14. The fraction of sp³-hybridized carbons (Fsp3) is 0.222. The van der Waals surface area contributed by atoms with Crippen LogP contribution < -0.4 is 10.6 Å². The maximum atomic E-state index is 13.0. The van der Waals surface area contributed by atoms with Crippen molar-refractivity contribution in [2.45, 2.75) is 25.9 Å². The highest BCUT2D eigenvalue weighted by atomic mass is 35.5. The summed E-state index contributed by atoms with van der Waals surface area (Å²) in [4.78, 5) is 23.9. The van der Waals surface area contributed by atoms with Gasteiger partial charge < -0.3 is 10.6 Å². The van der Waals surface area contributed by atoms with Crippen molar-refractivity contribution >= 4 is 34.8 Å². The summed E-state index contributed by atoms with van der Waals surface area (Å²) < 4.78 is 39.1. The molecule has 8 heteroatoms. The highest BCUT2D eigenvalue weighted by molar-refractivity contribution is 6.43. The van der Waals surface area contributed by atoms with E-state index in [1.807, 2.05) is 19.2 Å². The Kier molecular flexibility index (Phi) is 5.92. The van der Waals surface area contributed by atoms with Crippen LogP contribution in [0.25, 0.3) is 0 Å². The van der Waals surface area contributed by atoms with Gasteiger partial charge in [0.25, 0.3) is 0 Å². The van der Waals surface area contributed by atoms with Crippen molar-refractivity contribution in [3.63, 3.8) is 0 Å². The fourth-order valence-corrected chi connectivity index (χ4v) is 2.35. The third kappa shape index (κ3) is 4.98. The van der Waals surface area contributed by atoms with E-state index in [1.165, 1.54) is 6.07 Å². The molecule has 0 aromatic heterocycles. The Morgan fingerprint density at radius 1 is 0.962 bits per heavy atom. The first-order chi connectivity index (χ1) is 12.1. The molecule has 0 atom stereocenters. The quantitative estimate of drug-likeness (QED) is 0.727. The van der Waals surface area contributed by atoms with Crippen LogP contribution in [0.2, 0.25) is 5.02 Å². The average molecular weight is 385 g/mol. The highest BCUT2D eigenvalue weighted by Gasteiger charge is 2.34. The van der Waals surface area contributed by atoms with Crippen LogP contribution in [0, 0.1) is 0 Å². The standard InChI is InChI=1S/C18H16ClF3N2O2/c1-10(2)11-3-6-13(7-4-11)23-16(25)17(26)24-15-8-5-12(19)9-14(15)18(20,21)22/h3-10H,1-2H3,(H,23,25)(H,24,26). The number of carbonyl (C=O) groups is 2. The summed E-state index contributed by atoms with van der Waals surface area (Å²) in [7, 11) is 0. The second-order valence-electron chi connectivity index (χ2n) is 5.87. The zero-order chi connectivity index (χ0) is 19.5. The third-order valence-electron chi connectivity index (χ3n) is 3.58. The molecular weight excluding hydrogens is 369 g/mol. The lowest BCUT2D eigenvalue weighted by atomic mass is 10.0. The predicted molar refractivity (Wildman–Crippen MR) is 94.2 cm³/mol. The Labute approximate surface area is 153 Å². The van der Waals surface area contributed by atoms with Crippen LogP contribution in [-0.4, -0.2) is 11.8 Å². The van der Waals surface area contributed by atoms with E-state index in [1.54, 1.807) is 24.3 Å². The predicted octanol–water partition coefficient (Wildman–Crippen LogP) is 5.06. The van der Waals surface area contributed by atoms with Gasteiger partial charge in [0.1, 0.15) is 0 Å². The van der Waals surface area contributed by atoms with Crippen LogP contribution in [-0.2, 0) is 15.8 Å². The first-order valence-corrected chi connectivity index (χ1v) is 8.04. The Bertz CT molecular complexity index is 818. The van der Waals surface area contributed by atoms with Crippen molar-refractivity contribution in [3.05, 3.63) is 58.6 Å². The van der Waals surface area contributed by atoms with Crippen LogP contribution >= 0.6 is 11.6 Å². The minimum absolute atomic E-state index is 0.134. The van der Waals surface area contributed by atoms with Crippen LogP contribution in [0.5, 0.6) is 0 Å². The molecule has 2 aromatic rings. The molecule has 0 saturated heterocycles. The normalized spacial score (nSPS) is 11.3. The van der Waals surface area contributed by atoms with Gasteiger partial charge in [0, 0.05) is 10.7 Å². The summed E-state index contributed by atoms with van der Waals surface area (Å²) in [6, 6.07) is 9.68. The molecule has 2 amide bonds. The van der Waals surface area contributed by atoms with E-state index in [2.05, 4.69) is 5.32 Å². The maximum absolute atomic E-state index is 13.0. The first kappa shape index (κ1) is 19.8. The monoisotopic (exact) mass is 384 g/mol. The summed E-state index contributed by atoms with van der Waals surface area (Å²) >= 11 is 5.57. The van der Waals surface area contributed by atoms with E-state index in [-0.39, 0.29) is 5.02 Å². The van der Waals surface area contributed by atoms with Crippen molar-refractivity contribution in [3.8, 4) is 0 Å². The molecular formula is C18H16ClF3N2O2. The van der Waals surface area contributed by atoms with Crippen molar-refractivity contribution in [2.24, 2.45) is 0 Å². The smallest absolute Gasteiger partial charge is 0.318 e. The van der Waals surface area contributed by atoms with Crippen LogP contribution in [0.4, 0.5) is 24.5 Å². The molecule has 0 aliphatic rings. The summed E-state index contributed by atoms with van der Waals surface area (Å²) in [5, 5.41) is 4.17. The largest absolute Gasteiger partial charge is 0.418 e. The van der Waals surface area contributed by atoms with Crippen molar-refractivity contribution in [1.82, 2.24) is 0 Å². The number of benzene rings is 2. The molecule has 4 nitrogen and oxygen atoms in total. The molecule has 26 heavy (non-hydrogen) atoms. The second kappa shape index (κ2) is 7.78. The molecule has 0 bridgehead atoms. The topological polar surface area (TPSA) is 58.2 Å². The Balaban J connectivity index is 2.11. The van der Waals surface area contributed by atoms with Gasteiger partial charge in [0.2, 0.25) is 0 Å². The van der Waals surface area contributed by atoms with E-state index in [9.17, 15) is 22.8 Å². The molecule has 0 aliphatic heterocycles. The number of nitrogens with one attached hydrogen (secondary N) is 2. The van der Waals surface area contributed by atoms with E-state index in [0.29, 0.717) is 17.7 Å². The summed E-state index contributed by atoms with van der Waals surface area (Å²) in [5.41, 5.74) is -0.269. The summed E-state index contributed by atoms with van der Waals surface area (Å²) in [6.07, 6.45) is -4.73. The zero-order valence-electron chi connectivity index (χ0n) is 13.9. The number of amides is 2. The molecule has 0 saturated carbocycles. The van der Waals surface area contributed by atoms with Gasteiger partial charge in [-0.3, -0.25) is 9.59 Å². The molecule has 2 aromatic carbocycles. The average Bonchev–Trinajstić information content (AvgIpc) is 2.56. The minimum atomic E-state index is -4.73. The molecule has 138 valence electrons. The molecule has 0 radical (unpaired) electrons. The zero-order valence-corrected chi connectivity index (χ0v) is 14.7. The molecule has 0 fully saturated rings. The molecule has 2 N–H and O–H groups in total. The van der Waals surface area contributed by atoms with Crippen LogP contribution in [0.1, 0.15) is 30.9 Å². The van der Waals surface area contributed by atoms with Gasteiger partial charge in [-0.1, -0.05) is 37.6 Å². The fourth-order valence-electron chi connectivity index (χ4n) is 2.18. The van der Waals surface area contributed by atoms with Gasteiger partial charge in [-0.15, -0.1) is 0 Å². The first-order valence-electron chi connectivity index (χ1n) is 7.67. The molecule has 0 aliphatic carbocycles. The Morgan fingerprint density at radius 2 is 1.54 bits per heavy atom. The number of hydrogen-bond acceptors (Lipinski definition) is 2. The third-order valence-corrected chi connectivity index (χ3v) is 3.81. The Morgan fingerprint density at radius 3 is 2.08 bits per heavy atom. The number of anilines is 2. The summed E-state index contributed by atoms with van der Waals surface area (Å²) in [5.74, 6) is -2.00. The van der Waals surface area contributed by atoms with Crippen molar-refractivity contribution in [1.29, 1.82) is 0 Å². The number of carbonyl (C=O) groups excluding carboxylic acids is 2. The highest BCUT2D eigenvalue weighted by Crippen LogP contribution is 2.36. The van der Waals surface area contributed by atoms with Gasteiger partial charge in [-0.25, -0.2) is 0 Å². The number of hydrogen-bond donors (Lipinski definition) is 2. The van der Waals surface area contributed by atoms with Gasteiger partial charge >= 0.3 is 18.0 Å². The molecule has 0 spiro atoms. The molecule has 2 rings (SSSR count). The van der Waals surface area contributed by atoms with Gasteiger partial charge in [0.15, 0.2) is 0 Å². The molecule has 0 heterocycles. The van der Waals surface area contributed by atoms with Crippen molar-refractivity contribution in [2.75, 3.05) is 10.6 Å². The number of alkyl halides is 3. The minimum Gasteiger partial charge on any atom is -0.318 e. The van der Waals surface area contributed by atoms with Crippen molar-refractivity contribution < 1.29 is 22.8 Å². The van der Waals surface area contributed by atoms with Gasteiger partial charge in [-0.05, 0) is 41.8 Å². The lowest BCUT2D eigenvalue weighted by Crippen LogP contribution is -2.30. The SMILES string of the molecule is CC(C)c1ccc(NC(=O)C(=O)Nc2ccc(Cl)cc2C(F)(F)F)cc1. The second-order valence-corrected chi connectivity index (χ2v) is 6.31. The Hall–Kier alpha value is -2.54. The number of rotatable bonds is 3. The van der Waals surface area contributed by atoms with Crippen LogP contribution in [0.15, 0.2) is 42.5 Å². The number of halogens is 4. The van der Waals surface area contributed by atoms with Gasteiger partial charge in [-0.2, -0.15) is 13.2 Å². The van der Waals surface area contributed by atoms with Crippen LogP contribution in [0.3, 0.4) is 0 Å². The maximum Gasteiger partial charge on any atom is 0.418 e. The van der Waals surface area contributed by atoms with E-state index in [0.717, 1.165) is 11.6 Å². The molecule has 0 unspecified atom stereocenters. The summed E-state index contributed by atoms with van der Waals surface area (Å²) in [6.45, 7) is 4.01. The van der Waals surface area contributed by atoms with E-state index < -0.39 is 29.2 Å². The van der Waals surface area contributed by atoms with E-state index >= 15 is 0 Å². The van der Waals surface area contributed by atoms with E-state index in [4.69, 9.17) is 11.6 Å².